The Balaban J connectivity index is 2.05. The van der Waals surface area contributed by atoms with E-state index in [0.29, 0.717) is 24.6 Å². The number of carboxylic acids is 1. The van der Waals surface area contributed by atoms with Crippen LogP contribution in [0.5, 0.6) is 5.75 Å². The normalized spacial score (nSPS) is 16.8. The third kappa shape index (κ3) is 4.38. The summed E-state index contributed by atoms with van der Waals surface area (Å²) in [5.74, 6) is -0.115. The Morgan fingerprint density at radius 2 is 2.05 bits per heavy atom. The molecule has 1 aliphatic rings. The molecule has 1 aromatic rings. The molecule has 1 atom stereocenters. The topological polar surface area (TPSA) is 70.1 Å². The van der Waals surface area contributed by atoms with Crippen molar-refractivity contribution in [2.75, 3.05) is 39.5 Å². The summed E-state index contributed by atoms with van der Waals surface area (Å²) in [6.07, 6.45) is -0.638. The van der Waals surface area contributed by atoms with Gasteiger partial charge in [0.1, 0.15) is 12.3 Å². The van der Waals surface area contributed by atoms with Crippen LogP contribution in [-0.2, 0) is 9.59 Å². The Morgan fingerprint density at radius 3 is 2.73 bits per heavy atom. The van der Waals surface area contributed by atoms with Crippen molar-refractivity contribution in [3.8, 4) is 5.75 Å². The summed E-state index contributed by atoms with van der Waals surface area (Å²) >= 11 is 1.56. The molecule has 0 saturated heterocycles. The van der Waals surface area contributed by atoms with Crippen molar-refractivity contribution >= 4 is 23.6 Å². The molecule has 0 unspecified atom stereocenters. The molecular formula is C15H20N2O4S. The van der Waals surface area contributed by atoms with Crippen LogP contribution >= 0.6 is 11.8 Å². The van der Waals surface area contributed by atoms with E-state index < -0.39 is 12.1 Å². The quantitative estimate of drug-likeness (QED) is 0.842. The third-order valence-corrected chi connectivity index (χ3v) is 4.36. The zero-order chi connectivity index (χ0) is 16.1. The van der Waals surface area contributed by atoms with Crippen molar-refractivity contribution in [3.05, 3.63) is 24.3 Å². The van der Waals surface area contributed by atoms with Crippen LogP contribution in [0.2, 0.25) is 0 Å². The lowest BCUT2D eigenvalue weighted by molar-refractivity contribution is -0.147. The molecule has 120 valence electrons. The van der Waals surface area contributed by atoms with E-state index >= 15 is 0 Å². The maximum Gasteiger partial charge on any atom is 0.323 e. The monoisotopic (exact) mass is 324 g/mol. The van der Waals surface area contributed by atoms with Gasteiger partial charge in [-0.1, -0.05) is 12.1 Å². The maximum atomic E-state index is 12.6. The average molecular weight is 324 g/mol. The first-order chi connectivity index (χ1) is 10.5. The molecule has 1 amide bonds. The lowest BCUT2D eigenvalue weighted by Gasteiger charge is -2.30. The number of amides is 1. The van der Waals surface area contributed by atoms with Gasteiger partial charge in [0.2, 0.25) is 0 Å². The molecule has 0 aliphatic carbocycles. The molecule has 0 saturated carbocycles. The van der Waals surface area contributed by atoms with Gasteiger partial charge in [0.15, 0.2) is 6.10 Å². The maximum absolute atomic E-state index is 12.6. The summed E-state index contributed by atoms with van der Waals surface area (Å²) in [4.78, 5) is 27.8. The van der Waals surface area contributed by atoms with Gasteiger partial charge in [-0.25, -0.2) is 0 Å². The van der Waals surface area contributed by atoms with E-state index in [2.05, 4.69) is 0 Å². The zero-order valence-electron chi connectivity index (χ0n) is 12.7. The standard InChI is InChI=1S/C15H20N2O4S/c1-16(2)7-8-17(9-14(18)19)15(20)12-10-22-13-6-4-3-5-11(13)21-12/h3-6,12H,7-10H2,1-2H3,(H,18,19)/t12-/m0/s1. The molecule has 1 N–H and O–H groups in total. The van der Waals surface area contributed by atoms with Crippen LogP contribution in [0.1, 0.15) is 0 Å². The van der Waals surface area contributed by atoms with Crippen molar-refractivity contribution in [2.45, 2.75) is 11.0 Å². The minimum Gasteiger partial charge on any atom is -0.480 e. The largest absolute Gasteiger partial charge is 0.480 e. The highest BCUT2D eigenvalue weighted by Gasteiger charge is 2.31. The third-order valence-electron chi connectivity index (χ3n) is 3.24. The van der Waals surface area contributed by atoms with Crippen LogP contribution < -0.4 is 4.74 Å². The molecular weight excluding hydrogens is 304 g/mol. The predicted octanol–water partition coefficient (Wildman–Crippen LogP) is 1.01. The first-order valence-electron chi connectivity index (χ1n) is 7.01. The number of thioether (sulfide) groups is 1. The van der Waals surface area contributed by atoms with Crippen molar-refractivity contribution in [1.82, 2.24) is 9.80 Å². The molecule has 2 rings (SSSR count). The van der Waals surface area contributed by atoms with Gasteiger partial charge in [-0.05, 0) is 26.2 Å². The number of fused-ring (bicyclic) bond motifs is 1. The molecule has 0 aromatic heterocycles. The van der Waals surface area contributed by atoms with Gasteiger partial charge in [-0.3, -0.25) is 9.59 Å². The van der Waals surface area contributed by atoms with Crippen molar-refractivity contribution in [1.29, 1.82) is 0 Å². The van der Waals surface area contributed by atoms with Crippen LogP contribution in [0, 0.1) is 0 Å². The summed E-state index contributed by atoms with van der Waals surface area (Å²) in [7, 11) is 3.76. The number of para-hydroxylation sites is 1. The average Bonchev–Trinajstić information content (AvgIpc) is 2.49. The Bertz CT molecular complexity index is 550. The van der Waals surface area contributed by atoms with Crippen molar-refractivity contribution < 1.29 is 19.4 Å². The molecule has 0 fully saturated rings. The smallest absolute Gasteiger partial charge is 0.323 e. The molecule has 0 bridgehead atoms. The fourth-order valence-electron chi connectivity index (χ4n) is 2.10. The lowest BCUT2D eigenvalue weighted by Crippen LogP contribution is -2.48. The number of carbonyl (C=O) groups excluding carboxylic acids is 1. The highest BCUT2D eigenvalue weighted by molar-refractivity contribution is 7.99. The van der Waals surface area contributed by atoms with E-state index in [0.717, 1.165) is 4.90 Å². The highest BCUT2D eigenvalue weighted by Crippen LogP contribution is 2.35. The van der Waals surface area contributed by atoms with Crippen molar-refractivity contribution in [2.24, 2.45) is 0 Å². The van der Waals surface area contributed by atoms with E-state index in [4.69, 9.17) is 9.84 Å². The van der Waals surface area contributed by atoms with Gasteiger partial charge in [-0.2, -0.15) is 0 Å². The molecule has 1 aromatic carbocycles. The van der Waals surface area contributed by atoms with Crippen LogP contribution in [-0.4, -0.2) is 72.4 Å². The van der Waals surface area contributed by atoms with E-state index in [1.54, 1.807) is 11.8 Å². The highest BCUT2D eigenvalue weighted by atomic mass is 32.2. The minimum atomic E-state index is -1.02. The van der Waals surface area contributed by atoms with Crippen molar-refractivity contribution in [3.63, 3.8) is 0 Å². The number of ether oxygens (including phenoxy) is 1. The van der Waals surface area contributed by atoms with E-state index in [-0.39, 0.29) is 12.5 Å². The van der Waals surface area contributed by atoms with Gasteiger partial charge < -0.3 is 19.6 Å². The van der Waals surface area contributed by atoms with E-state index in [1.165, 1.54) is 4.90 Å². The van der Waals surface area contributed by atoms with E-state index in [1.807, 2.05) is 43.3 Å². The number of benzene rings is 1. The second-order valence-electron chi connectivity index (χ2n) is 5.32. The molecule has 1 heterocycles. The summed E-state index contributed by atoms with van der Waals surface area (Å²) in [5.41, 5.74) is 0. The summed E-state index contributed by atoms with van der Waals surface area (Å²) < 4.78 is 5.74. The summed E-state index contributed by atoms with van der Waals surface area (Å²) in [6, 6.07) is 7.54. The van der Waals surface area contributed by atoms with Gasteiger partial charge in [0.05, 0.1) is 0 Å². The molecule has 1 aliphatic heterocycles. The Kier molecular flexibility index (Phi) is 5.68. The molecule has 22 heavy (non-hydrogen) atoms. The Labute approximate surface area is 134 Å². The predicted molar refractivity (Wildman–Crippen MR) is 84.4 cm³/mol. The number of likely N-dealkylation sites (N-methyl/N-ethyl adjacent to an activating group) is 1. The van der Waals surface area contributed by atoms with Gasteiger partial charge in [-0.15, -0.1) is 11.8 Å². The Morgan fingerprint density at radius 1 is 1.32 bits per heavy atom. The van der Waals surface area contributed by atoms with E-state index in [9.17, 15) is 9.59 Å². The van der Waals surface area contributed by atoms with Gasteiger partial charge >= 0.3 is 5.97 Å². The number of nitrogens with zero attached hydrogens (tertiary/aromatic N) is 2. The minimum absolute atomic E-state index is 0.272. The summed E-state index contributed by atoms with van der Waals surface area (Å²) in [5, 5.41) is 9.00. The fraction of sp³-hybridized carbons (Fsp3) is 0.467. The first-order valence-corrected chi connectivity index (χ1v) is 7.99. The zero-order valence-corrected chi connectivity index (χ0v) is 13.5. The van der Waals surface area contributed by atoms with Crippen LogP contribution in [0.3, 0.4) is 0 Å². The van der Waals surface area contributed by atoms with Gasteiger partial charge in [0.25, 0.3) is 5.91 Å². The number of carboxylic acid groups (broad SMARTS) is 1. The summed E-state index contributed by atoms with van der Waals surface area (Å²) in [6.45, 7) is 0.665. The van der Waals surface area contributed by atoms with Crippen LogP contribution in [0.15, 0.2) is 29.2 Å². The first kappa shape index (κ1) is 16.6. The second-order valence-corrected chi connectivity index (χ2v) is 6.38. The second kappa shape index (κ2) is 7.51. The number of aliphatic carboxylic acids is 1. The van der Waals surface area contributed by atoms with Crippen LogP contribution in [0.25, 0.3) is 0 Å². The number of carbonyl (C=O) groups is 2. The molecule has 6 nitrogen and oxygen atoms in total. The number of hydrogen-bond acceptors (Lipinski definition) is 5. The molecule has 7 heteroatoms. The lowest BCUT2D eigenvalue weighted by atomic mass is 10.3. The fourth-order valence-corrected chi connectivity index (χ4v) is 3.07. The van der Waals surface area contributed by atoms with Crippen LogP contribution in [0.4, 0.5) is 0 Å². The number of hydrogen-bond donors (Lipinski definition) is 1. The van der Waals surface area contributed by atoms with Gasteiger partial charge in [0, 0.05) is 23.7 Å². The number of rotatable bonds is 6. The molecule has 0 spiro atoms. The Hall–Kier alpha value is -1.73. The molecule has 0 radical (unpaired) electrons. The SMILES string of the molecule is CN(C)CCN(CC(=O)O)C(=O)[C@@H]1CSc2ccccc2O1.